The molecule has 3 rings (SSSR count). The summed E-state index contributed by atoms with van der Waals surface area (Å²) in [4.78, 5) is 3.14. The lowest BCUT2D eigenvalue weighted by Crippen LogP contribution is -1.94. The third-order valence-electron chi connectivity index (χ3n) is 2.49. The molecule has 0 saturated carbocycles. The van der Waals surface area contributed by atoms with Gasteiger partial charge in [-0.2, -0.15) is 0 Å². The molecule has 0 amide bonds. The van der Waals surface area contributed by atoms with Crippen molar-refractivity contribution < 1.29 is 0 Å². The average Bonchev–Trinajstić information content (AvgIpc) is 2.48. The molecular formula is C11H9N3S. The molecule has 0 atom stereocenters. The van der Waals surface area contributed by atoms with Gasteiger partial charge in [0.15, 0.2) is 0 Å². The topological polar surface area (TPSA) is 55.4 Å². The molecule has 3 N–H and O–H groups in total. The Hall–Kier alpha value is -1.81. The van der Waals surface area contributed by atoms with E-state index < -0.39 is 0 Å². The van der Waals surface area contributed by atoms with Gasteiger partial charge in [-0.3, -0.25) is 5.41 Å². The van der Waals surface area contributed by atoms with Gasteiger partial charge in [-0.1, -0.05) is 23.7 Å². The summed E-state index contributed by atoms with van der Waals surface area (Å²) in [7, 11) is 0. The van der Waals surface area contributed by atoms with Crippen LogP contribution < -0.4 is 5.36 Å². The Kier molecular flexibility index (Phi) is 1.76. The molecule has 0 bridgehead atoms. The molecule has 15 heavy (non-hydrogen) atoms. The zero-order valence-electron chi connectivity index (χ0n) is 7.87. The van der Waals surface area contributed by atoms with Crippen molar-refractivity contribution in [2.45, 2.75) is 0 Å². The Morgan fingerprint density at radius 3 is 2.93 bits per heavy atom. The Morgan fingerprint density at radius 2 is 2.00 bits per heavy atom. The van der Waals surface area contributed by atoms with Crippen LogP contribution in [0, 0.1) is 5.41 Å². The molecule has 0 aliphatic heterocycles. The van der Waals surface area contributed by atoms with Gasteiger partial charge in [0.1, 0.15) is 0 Å². The maximum Gasteiger partial charge on any atom is 0.0875 e. The predicted octanol–water partition coefficient (Wildman–Crippen LogP) is 2.75. The predicted molar refractivity (Wildman–Crippen MR) is 62.7 cm³/mol. The quantitative estimate of drug-likeness (QED) is 0.516. The SMILES string of the molecule is N=c1c2ccs[nH]c2c2cccc[nH]c12. The summed E-state index contributed by atoms with van der Waals surface area (Å²) in [6, 6.07) is 7.91. The second kappa shape index (κ2) is 3.10. The van der Waals surface area contributed by atoms with Gasteiger partial charge in [-0.25, -0.2) is 0 Å². The Morgan fingerprint density at radius 1 is 1.07 bits per heavy atom. The lowest BCUT2D eigenvalue weighted by molar-refractivity contribution is 1.31. The number of aromatic amines is 2. The van der Waals surface area contributed by atoms with Crippen molar-refractivity contribution in [2.75, 3.05) is 0 Å². The molecule has 0 spiro atoms. The van der Waals surface area contributed by atoms with Gasteiger partial charge in [0.25, 0.3) is 0 Å². The molecule has 74 valence electrons. The smallest absolute Gasteiger partial charge is 0.0875 e. The molecule has 0 radical (unpaired) electrons. The van der Waals surface area contributed by atoms with E-state index in [1.165, 1.54) is 11.5 Å². The molecule has 0 unspecified atom stereocenters. The first-order valence-corrected chi connectivity index (χ1v) is 5.52. The summed E-state index contributed by atoms with van der Waals surface area (Å²) >= 11 is 1.53. The van der Waals surface area contributed by atoms with E-state index in [-0.39, 0.29) is 0 Å². The van der Waals surface area contributed by atoms with Crippen molar-refractivity contribution >= 4 is 33.3 Å². The monoisotopic (exact) mass is 215 g/mol. The van der Waals surface area contributed by atoms with E-state index in [0.717, 1.165) is 21.8 Å². The van der Waals surface area contributed by atoms with Gasteiger partial charge < -0.3 is 9.36 Å². The second-order valence-corrected chi connectivity index (χ2v) is 4.05. The van der Waals surface area contributed by atoms with E-state index in [2.05, 4.69) is 9.36 Å². The molecule has 2 aromatic heterocycles. The molecule has 0 saturated heterocycles. The van der Waals surface area contributed by atoms with Gasteiger partial charge in [-0.05, 0) is 12.1 Å². The minimum Gasteiger partial charge on any atom is -0.359 e. The largest absolute Gasteiger partial charge is 0.359 e. The molecule has 4 heteroatoms. The summed E-state index contributed by atoms with van der Waals surface area (Å²) in [5.41, 5.74) is 1.92. The van der Waals surface area contributed by atoms with E-state index in [9.17, 15) is 0 Å². The van der Waals surface area contributed by atoms with Crippen molar-refractivity contribution in [2.24, 2.45) is 0 Å². The first kappa shape index (κ1) is 8.49. The van der Waals surface area contributed by atoms with Crippen molar-refractivity contribution in [1.82, 2.24) is 9.36 Å². The zero-order valence-corrected chi connectivity index (χ0v) is 8.69. The number of fused-ring (bicyclic) bond motifs is 3. The molecule has 3 aromatic rings. The highest BCUT2D eigenvalue weighted by molar-refractivity contribution is 7.03. The van der Waals surface area contributed by atoms with Gasteiger partial charge in [0.05, 0.1) is 16.4 Å². The van der Waals surface area contributed by atoms with Gasteiger partial charge in [0, 0.05) is 22.3 Å². The normalized spacial score (nSPS) is 10.9. The van der Waals surface area contributed by atoms with E-state index in [0.29, 0.717) is 5.36 Å². The van der Waals surface area contributed by atoms with E-state index in [1.54, 1.807) is 0 Å². The van der Waals surface area contributed by atoms with Crippen molar-refractivity contribution in [3.05, 3.63) is 41.2 Å². The fraction of sp³-hybridized carbons (Fsp3) is 0. The van der Waals surface area contributed by atoms with Crippen LogP contribution in [0.1, 0.15) is 0 Å². The Bertz CT molecular complexity index is 703. The first-order valence-electron chi connectivity index (χ1n) is 4.64. The third-order valence-corrected chi connectivity index (χ3v) is 3.08. The Labute approximate surface area is 89.7 Å². The number of nitrogens with one attached hydrogen (secondary N) is 3. The van der Waals surface area contributed by atoms with E-state index in [1.807, 2.05) is 35.8 Å². The number of rotatable bonds is 0. The van der Waals surface area contributed by atoms with Gasteiger partial charge in [0.2, 0.25) is 0 Å². The minimum atomic E-state index is 0.556. The summed E-state index contributed by atoms with van der Waals surface area (Å²) in [5, 5.41) is 12.6. The van der Waals surface area contributed by atoms with Crippen LogP contribution in [0.25, 0.3) is 21.8 Å². The number of aromatic nitrogens is 2. The summed E-state index contributed by atoms with van der Waals surface area (Å²) < 4.78 is 3.23. The third kappa shape index (κ3) is 1.15. The first-order chi connectivity index (χ1) is 7.38. The van der Waals surface area contributed by atoms with Crippen LogP contribution in [0.3, 0.4) is 0 Å². The molecule has 0 aliphatic rings. The van der Waals surface area contributed by atoms with E-state index in [4.69, 9.17) is 5.41 Å². The van der Waals surface area contributed by atoms with Crippen molar-refractivity contribution in [3.8, 4) is 0 Å². The standard InChI is InChI=1S/C11H9N3S/c12-9-7-4-6-15-14-10(7)8-3-1-2-5-13-11(8)9/h1-6,12-14H. The number of hydrogen-bond acceptors (Lipinski definition) is 2. The second-order valence-electron chi connectivity index (χ2n) is 3.34. The Balaban J connectivity index is 2.74. The van der Waals surface area contributed by atoms with Crippen LogP contribution in [0.5, 0.6) is 0 Å². The molecule has 3 nitrogen and oxygen atoms in total. The highest BCUT2D eigenvalue weighted by Gasteiger charge is 2.05. The maximum absolute atomic E-state index is 8.05. The highest BCUT2D eigenvalue weighted by Crippen LogP contribution is 2.19. The lowest BCUT2D eigenvalue weighted by atomic mass is 10.3. The van der Waals surface area contributed by atoms with Crippen molar-refractivity contribution in [1.29, 1.82) is 5.41 Å². The number of hydrogen-bond donors (Lipinski definition) is 3. The summed E-state index contributed by atoms with van der Waals surface area (Å²) in [6.45, 7) is 0. The molecule has 2 heterocycles. The van der Waals surface area contributed by atoms with Crippen LogP contribution in [0.4, 0.5) is 0 Å². The average molecular weight is 215 g/mol. The fourth-order valence-corrected chi connectivity index (χ4v) is 2.40. The van der Waals surface area contributed by atoms with Gasteiger partial charge >= 0.3 is 0 Å². The molecule has 0 aliphatic carbocycles. The van der Waals surface area contributed by atoms with Gasteiger partial charge in [-0.15, -0.1) is 0 Å². The van der Waals surface area contributed by atoms with Crippen molar-refractivity contribution in [3.63, 3.8) is 0 Å². The minimum absolute atomic E-state index is 0.556. The summed E-state index contributed by atoms with van der Waals surface area (Å²) in [6.07, 6.45) is 1.85. The maximum atomic E-state index is 8.05. The summed E-state index contributed by atoms with van der Waals surface area (Å²) in [5.74, 6) is 0. The van der Waals surface area contributed by atoms with Crippen LogP contribution in [-0.4, -0.2) is 9.36 Å². The van der Waals surface area contributed by atoms with Crippen LogP contribution in [0.2, 0.25) is 0 Å². The molecule has 1 aromatic carbocycles. The van der Waals surface area contributed by atoms with E-state index >= 15 is 0 Å². The van der Waals surface area contributed by atoms with Crippen LogP contribution >= 0.6 is 11.5 Å². The zero-order chi connectivity index (χ0) is 10.3. The van der Waals surface area contributed by atoms with Crippen LogP contribution in [0.15, 0.2) is 35.8 Å². The fourth-order valence-electron chi connectivity index (χ4n) is 1.79. The lowest BCUT2D eigenvalue weighted by Gasteiger charge is -1.87. The molecular weight excluding hydrogens is 206 g/mol. The number of H-pyrrole nitrogens is 2. The molecule has 0 fully saturated rings. The highest BCUT2D eigenvalue weighted by atomic mass is 32.1. The van der Waals surface area contributed by atoms with Crippen LogP contribution in [-0.2, 0) is 0 Å².